The third kappa shape index (κ3) is 2.83. The molecule has 1 heterocycles. The van der Waals surface area contributed by atoms with E-state index in [0.29, 0.717) is 24.9 Å². The molecule has 0 aromatic heterocycles. The van der Waals surface area contributed by atoms with Crippen LogP contribution in [0.5, 0.6) is 0 Å². The SMILES string of the molecule is Cc1ccc(N2C(=O)CCCC2=O)cc1C#CCN. The Hall–Kier alpha value is -2.12. The van der Waals surface area contributed by atoms with Gasteiger partial charge in [0.15, 0.2) is 0 Å². The summed E-state index contributed by atoms with van der Waals surface area (Å²) >= 11 is 0. The van der Waals surface area contributed by atoms with Crippen LogP contribution in [-0.2, 0) is 9.59 Å². The first kappa shape index (κ1) is 13.3. The summed E-state index contributed by atoms with van der Waals surface area (Å²) in [6, 6.07) is 5.42. The largest absolute Gasteiger partial charge is 0.320 e. The van der Waals surface area contributed by atoms with Crippen molar-refractivity contribution in [1.29, 1.82) is 0 Å². The Balaban J connectivity index is 2.39. The van der Waals surface area contributed by atoms with Gasteiger partial charge in [0.2, 0.25) is 11.8 Å². The van der Waals surface area contributed by atoms with E-state index in [9.17, 15) is 9.59 Å². The zero-order chi connectivity index (χ0) is 13.8. The van der Waals surface area contributed by atoms with E-state index < -0.39 is 0 Å². The molecule has 4 heteroatoms. The van der Waals surface area contributed by atoms with Gasteiger partial charge in [0, 0.05) is 18.4 Å². The van der Waals surface area contributed by atoms with E-state index >= 15 is 0 Å². The summed E-state index contributed by atoms with van der Waals surface area (Å²) in [7, 11) is 0. The third-order valence-electron chi connectivity index (χ3n) is 3.08. The third-order valence-corrected chi connectivity index (χ3v) is 3.08. The number of carbonyl (C=O) groups excluding carboxylic acids is 2. The Kier molecular flexibility index (Phi) is 3.98. The molecule has 1 aliphatic heterocycles. The molecule has 0 bridgehead atoms. The van der Waals surface area contributed by atoms with Crippen molar-refractivity contribution in [2.75, 3.05) is 11.4 Å². The lowest BCUT2D eigenvalue weighted by Gasteiger charge is -2.25. The number of benzene rings is 1. The molecule has 1 fully saturated rings. The second-order valence-corrected chi connectivity index (χ2v) is 4.48. The van der Waals surface area contributed by atoms with Gasteiger partial charge < -0.3 is 5.73 Å². The second kappa shape index (κ2) is 5.68. The number of anilines is 1. The average molecular weight is 256 g/mol. The number of hydrogen-bond acceptors (Lipinski definition) is 3. The van der Waals surface area contributed by atoms with Crippen molar-refractivity contribution >= 4 is 17.5 Å². The van der Waals surface area contributed by atoms with Crippen molar-refractivity contribution in [2.45, 2.75) is 26.2 Å². The normalized spacial score (nSPS) is 15.2. The van der Waals surface area contributed by atoms with E-state index in [1.165, 1.54) is 4.90 Å². The van der Waals surface area contributed by atoms with E-state index in [1.54, 1.807) is 12.1 Å². The van der Waals surface area contributed by atoms with Crippen molar-refractivity contribution in [1.82, 2.24) is 0 Å². The van der Waals surface area contributed by atoms with Gasteiger partial charge >= 0.3 is 0 Å². The van der Waals surface area contributed by atoms with Gasteiger partial charge in [0.1, 0.15) is 0 Å². The van der Waals surface area contributed by atoms with Crippen molar-refractivity contribution in [3.8, 4) is 11.8 Å². The van der Waals surface area contributed by atoms with Crippen LogP contribution < -0.4 is 10.6 Å². The monoisotopic (exact) mass is 256 g/mol. The molecule has 0 radical (unpaired) electrons. The summed E-state index contributed by atoms with van der Waals surface area (Å²) in [5.74, 6) is 5.46. The van der Waals surface area contributed by atoms with Crippen LogP contribution in [0.3, 0.4) is 0 Å². The Morgan fingerprint density at radius 3 is 2.58 bits per heavy atom. The fourth-order valence-electron chi connectivity index (χ4n) is 2.07. The molecule has 19 heavy (non-hydrogen) atoms. The molecular formula is C15H16N2O2. The number of imide groups is 1. The smallest absolute Gasteiger partial charge is 0.233 e. The molecule has 2 rings (SSSR count). The highest BCUT2D eigenvalue weighted by atomic mass is 16.2. The summed E-state index contributed by atoms with van der Waals surface area (Å²) in [6.45, 7) is 2.22. The van der Waals surface area contributed by atoms with Gasteiger partial charge in [-0.3, -0.25) is 14.5 Å². The molecule has 0 aliphatic carbocycles. The number of aryl methyl sites for hydroxylation is 1. The first-order valence-electron chi connectivity index (χ1n) is 6.29. The van der Waals surface area contributed by atoms with Gasteiger partial charge in [-0.1, -0.05) is 17.9 Å². The molecule has 1 saturated heterocycles. The van der Waals surface area contributed by atoms with E-state index in [1.807, 2.05) is 13.0 Å². The fraction of sp³-hybridized carbons (Fsp3) is 0.333. The molecule has 2 N–H and O–H groups in total. The van der Waals surface area contributed by atoms with Crippen LogP contribution in [0.15, 0.2) is 18.2 Å². The molecule has 1 aliphatic rings. The Morgan fingerprint density at radius 2 is 1.95 bits per heavy atom. The molecule has 1 aromatic rings. The lowest BCUT2D eigenvalue weighted by molar-refractivity contribution is -0.129. The topological polar surface area (TPSA) is 63.4 Å². The second-order valence-electron chi connectivity index (χ2n) is 4.48. The predicted molar refractivity (Wildman–Crippen MR) is 73.5 cm³/mol. The molecule has 0 unspecified atom stereocenters. The number of amides is 2. The Morgan fingerprint density at radius 1 is 1.26 bits per heavy atom. The molecule has 2 amide bonds. The minimum atomic E-state index is -0.141. The van der Waals surface area contributed by atoms with Crippen LogP contribution in [-0.4, -0.2) is 18.4 Å². The van der Waals surface area contributed by atoms with Crippen molar-refractivity contribution in [2.24, 2.45) is 5.73 Å². The quantitative estimate of drug-likeness (QED) is 0.609. The minimum Gasteiger partial charge on any atom is -0.320 e. The van der Waals surface area contributed by atoms with Crippen molar-refractivity contribution < 1.29 is 9.59 Å². The van der Waals surface area contributed by atoms with Crippen molar-refractivity contribution in [3.05, 3.63) is 29.3 Å². The zero-order valence-corrected chi connectivity index (χ0v) is 10.9. The molecular weight excluding hydrogens is 240 g/mol. The summed E-state index contributed by atoms with van der Waals surface area (Å²) in [4.78, 5) is 25.0. The van der Waals surface area contributed by atoms with E-state index in [4.69, 9.17) is 5.73 Å². The van der Waals surface area contributed by atoms with E-state index in [2.05, 4.69) is 11.8 Å². The van der Waals surface area contributed by atoms with Crippen LogP contribution in [0.4, 0.5) is 5.69 Å². The number of hydrogen-bond donors (Lipinski definition) is 1. The van der Waals surface area contributed by atoms with Crippen molar-refractivity contribution in [3.63, 3.8) is 0 Å². The number of carbonyl (C=O) groups is 2. The van der Waals surface area contributed by atoms with Gasteiger partial charge in [0.25, 0.3) is 0 Å². The Bertz CT molecular complexity index is 566. The van der Waals surface area contributed by atoms with Crippen LogP contribution in [0.1, 0.15) is 30.4 Å². The maximum Gasteiger partial charge on any atom is 0.233 e. The summed E-state index contributed by atoms with van der Waals surface area (Å²) < 4.78 is 0. The van der Waals surface area contributed by atoms with E-state index in [-0.39, 0.29) is 18.4 Å². The lowest BCUT2D eigenvalue weighted by atomic mass is 10.0. The summed E-state index contributed by atoms with van der Waals surface area (Å²) in [5, 5.41) is 0. The molecule has 0 atom stereocenters. The summed E-state index contributed by atoms with van der Waals surface area (Å²) in [6.07, 6.45) is 1.48. The maximum absolute atomic E-state index is 11.9. The van der Waals surface area contributed by atoms with Crippen LogP contribution in [0, 0.1) is 18.8 Å². The number of nitrogens with two attached hydrogens (primary N) is 1. The molecule has 0 spiro atoms. The van der Waals surface area contributed by atoms with Crippen LogP contribution in [0.2, 0.25) is 0 Å². The lowest BCUT2D eigenvalue weighted by Crippen LogP contribution is -2.40. The molecule has 4 nitrogen and oxygen atoms in total. The standard InChI is InChI=1S/C15H16N2O2/c1-11-7-8-13(10-12(11)4-3-9-16)17-14(18)5-2-6-15(17)19/h7-8,10H,2,5-6,9,16H2,1H3. The number of nitrogens with zero attached hydrogens (tertiary/aromatic N) is 1. The van der Waals surface area contributed by atoms with Gasteiger partial charge in [-0.2, -0.15) is 0 Å². The highest BCUT2D eigenvalue weighted by molar-refractivity contribution is 6.16. The highest BCUT2D eigenvalue weighted by Gasteiger charge is 2.27. The molecule has 0 saturated carbocycles. The summed E-state index contributed by atoms with van der Waals surface area (Å²) in [5.41, 5.74) is 7.76. The number of piperidine rings is 1. The first-order valence-corrected chi connectivity index (χ1v) is 6.29. The average Bonchev–Trinajstić information content (AvgIpc) is 2.39. The number of rotatable bonds is 1. The van der Waals surface area contributed by atoms with Gasteiger partial charge in [-0.05, 0) is 31.0 Å². The predicted octanol–water partition coefficient (Wildman–Crippen LogP) is 1.35. The van der Waals surface area contributed by atoms with Gasteiger partial charge in [-0.25, -0.2) is 0 Å². The maximum atomic E-state index is 11.9. The molecule has 1 aromatic carbocycles. The Labute approximate surface area is 112 Å². The zero-order valence-electron chi connectivity index (χ0n) is 10.9. The van der Waals surface area contributed by atoms with Crippen LogP contribution in [0.25, 0.3) is 0 Å². The minimum absolute atomic E-state index is 0.141. The fourth-order valence-corrected chi connectivity index (χ4v) is 2.07. The van der Waals surface area contributed by atoms with Crippen LogP contribution >= 0.6 is 0 Å². The molecule has 98 valence electrons. The first-order chi connectivity index (χ1) is 9.13. The van der Waals surface area contributed by atoms with Gasteiger partial charge in [-0.15, -0.1) is 0 Å². The highest BCUT2D eigenvalue weighted by Crippen LogP contribution is 2.24. The van der Waals surface area contributed by atoms with E-state index in [0.717, 1.165) is 11.1 Å². The van der Waals surface area contributed by atoms with Gasteiger partial charge in [0.05, 0.1) is 12.2 Å².